The van der Waals surface area contributed by atoms with Crippen LogP contribution < -0.4 is 0 Å². The van der Waals surface area contributed by atoms with Crippen molar-refractivity contribution in [1.29, 1.82) is 0 Å². The van der Waals surface area contributed by atoms with Crippen molar-refractivity contribution in [3.05, 3.63) is 21.8 Å². The Labute approximate surface area is 101 Å². The van der Waals surface area contributed by atoms with E-state index >= 15 is 0 Å². The van der Waals surface area contributed by atoms with Gasteiger partial charge in [-0.3, -0.25) is 0 Å². The van der Waals surface area contributed by atoms with Crippen LogP contribution >= 0.6 is 39.3 Å². The van der Waals surface area contributed by atoms with Crippen molar-refractivity contribution in [2.45, 2.75) is 30.2 Å². The van der Waals surface area contributed by atoms with Crippen LogP contribution in [0.25, 0.3) is 0 Å². The zero-order valence-corrected chi connectivity index (χ0v) is 11.0. The minimum absolute atomic E-state index is 0.111. The van der Waals surface area contributed by atoms with Crippen LogP contribution in [0.4, 0.5) is 0 Å². The third kappa shape index (κ3) is 3.42. The SMILES string of the molecule is CC(O)C(C)Sc1ncc(Cl)cc1Br. The Hall–Kier alpha value is 0.230. The van der Waals surface area contributed by atoms with Crippen LogP contribution in [-0.4, -0.2) is 21.4 Å². The Morgan fingerprint density at radius 3 is 2.71 bits per heavy atom. The van der Waals surface area contributed by atoms with Gasteiger partial charge in [0, 0.05) is 11.4 Å². The molecule has 0 bridgehead atoms. The van der Waals surface area contributed by atoms with Crippen molar-refractivity contribution >= 4 is 39.3 Å². The Morgan fingerprint density at radius 2 is 2.21 bits per heavy atom. The van der Waals surface area contributed by atoms with Gasteiger partial charge in [-0.2, -0.15) is 0 Å². The van der Waals surface area contributed by atoms with Crippen LogP contribution in [0.2, 0.25) is 5.02 Å². The molecule has 1 heterocycles. The Bertz CT molecular complexity index is 322. The number of pyridine rings is 1. The molecule has 0 aliphatic rings. The molecular formula is C9H11BrClNOS. The molecule has 2 atom stereocenters. The van der Waals surface area contributed by atoms with Crippen LogP contribution in [0.3, 0.4) is 0 Å². The molecule has 0 saturated carbocycles. The topological polar surface area (TPSA) is 33.1 Å². The number of thioether (sulfide) groups is 1. The molecule has 0 spiro atoms. The van der Waals surface area contributed by atoms with Crippen LogP contribution in [0.15, 0.2) is 21.8 Å². The summed E-state index contributed by atoms with van der Waals surface area (Å²) in [6.07, 6.45) is 1.24. The predicted molar refractivity (Wildman–Crippen MR) is 63.9 cm³/mol. The molecule has 1 N–H and O–H groups in total. The monoisotopic (exact) mass is 295 g/mol. The molecule has 0 fully saturated rings. The lowest BCUT2D eigenvalue weighted by molar-refractivity contribution is 0.196. The molecule has 1 aromatic heterocycles. The number of hydrogen-bond donors (Lipinski definition) is 1. The zero-order chi connectivity index (χ0) is 10.7. The summed E-state index contributed by atoms with van der Waals surface area (Å²) in [6.45, 7) is 3.72. The fraction of sp³-hybridized carbons (Fsp3) is 0.444. The van der Waals surface area contributed by atoms with Crippen molar-refractivity contribution in [2.75, 3.05) is 0 Å². The smallest absolute Gasteiger partial charge is 0.111 e. The summed E-state index contributed by atoms with van der Waals surface area (Å²) in [5.41, 5.74) is 0. The minimum atomic E-state index is -0.357. The number of aliphatic hydroxyl groups excluding tert-OH is 1. The van der Waals surface area contributed by atoms with E-state index in [1.165, 1.54) is 11.8 Å². The average Bonchev–Trinajstić information content (AvgIpc) is 2.09. The van der Waals surface area contributed by atoms with Crippen molar-refractivity contribution in [3.8, 4) is 0 Å². The number of rotatable bonds is 3. The molecule has 1 aromatic rings. The molecule has 0 aliphatic carbocycles. The fourth-order valence-corrected chi connectivity index (χ4v) is 2.52. The summed E-state index contributed by atoms with van der Waals surface area (Å²) in [7, 11) is 0. The molecule has 2 unspecified atom stereocenters. The summed E-state index contributed by atoms with van der Waals surface area (Å²) in [4.78, 5) is 4.17. The molecule has 5 heteroatoms. The average molecular weight is 297 g/mol. The van der Waals surface area contributed by atoms with Gasteiger partial charge in [0.05, 0.1) is 15.6 Å². The van der Waals surface area contributed by atoms with E-state index in [-0.39, 0.29) is 11.4 Å². The van der Waals surface area contributed by atoms with E-state index in [0.717, 1.165) is 9.50 Å². The molecule has 2 nitrogen and oxygen atoms in total. The second-order valence-corrected chi connectivity index (χ2v) is 5.66. The van der Waals surface area contributed by atoms with Crippen molar-refractivity contribution < 1.29 is 5.11 Å². The van der Waals surface area contributed by atoms with Gasteiger partial charge in [0.15, 0.2) is 0 Å². The fourth-order valence-electron chi connectivity index (χ4n) is 0.763. The lowest BCUT2D eigenvalue weighted by Crippen LogP contribution is -2.15. The standard InChI is InChI=1S/C9H11BrClNOS/c1-5(13)6(2)14-9-8(10)3-7(11)4-12-9/h3-6,13H,1-2H3. The van der Waals surface area contributed by atoms with E-state index in [1.54, 1.807) is 19.2 Å². The van der Waals surface area contributed by atoms with Gasteiger partial charge < -0.3 is 5.11 Å². The molecule has 14 heavy (non-hydrogen) atoms. The van der Waals surface area contributed by atoms with E-state index in [9.17, 15) is 5.11 Å². The van der Waals surface area contributed by atoms with Gasteiger partial charge in [-0.05, 0) is 28.9 Å². The van der Waals surface area contributed by atoms with Gasteiger partial charge in [0.25, 0.3) is 0 Å². The summed E-state index contributed by atoms with van der Waals surface area (Å²) in [5.74, 6) is 0. The molecule has 0 amide bonds. The molecule has 0 radical (unpaired) electrons. The summed E-state index contributed by atoms with van der Waals surface area (Å²) in [6, 6.07) is 1.80. The van der Waals surface area contributed by atoms with Crippen molar-refractivity contribution in [3.63, 3.8) is 0 Å². The van der Waals surface area contributed by atoms with Gasteiger partial charge in [-0.25, -0.2) is 4.98 Å². The van der Waals surface area contributed by atoms with Gasteiger partial charge in [0.2, 0.25) is 0 Å². The number of aliphatic hydroxyl groups is 1. The highest BCUT2D eigenvalue weighted by Crippen LogP contribution is 2.31. The molecule has 0 saturated heterocycles. The summed E-state index contributed by atoms with van der Waals surface area (Å²) in [5, 5.41) is 10.9. The highest BCUT2D eigenvalue weighted by atomic mass is 79.9. The molecule has 78 valence electrons. The molecule has 0 aromatic carbocycles. The Kier molecular flexibility index (Phi) is 4.70. The highest BCUT2D eigenvalue weighted by molar-refractivity contribution is 9.10. The first-order chi connectivity index (χ1) is 6.50. The third-order valence-electron chi connectivity index (χ3n) is 1.75. The quantitative estimate of drug-likeness (QED) is 0.868. The minimum Gasteiger partial charge on any atom is -0.392 e. The first-order valence-corrected chi connectivity index (χ1v) is 6.21. The third-order valence-corrected chi connectivity index (χ3v) is 4.14. The second kappa shape index (κ2) is 5.35. The van der Waals surface area contributed by atoms with E-state index in [4.69, 9.17) is 11.6 Å². The van der Waals surface area contributed by atoms with E-state index in [0.29, 0.717) is 5.02 Å². The van der Waals surface area contributed by atoms with Gasteiger partial charge in [-0.15, -0.1) is 0 Å². The van der Waals surface area contributed by atoms with Crippen molar-refractivity contribution in [2.24, 2.45) is 0 Å². The highest BCUT2D eigenvalue weighted by Gasteiger charge is 2.13. The number of hydrogen-bond acceptors (Lipinski definition) is 3. The first-order valence-electron chi connectivity index (χ1n) is 4.16. The maximum Gasteiger partial charge on any atom is 0.111 e. The van der Waals surface area contributed by atoms with Crippen LogP contribution in [0, 0.1) is 0 Å². The lowest BCUT2D eigenvalue weighted by Gasteiger charge is -2.13. The van der Waals surface area contributed by atoms with Crippen LogP contribution in [-0.2, 0) is 0 Å². The second-order valence-electron chi connectivity index (χ2n) is 3.00. The molecular weight excluding hydrogens is 286 g/mol. The molecule has 1 rings (SSSR count). The Balaban J connectivity index is 2.77. The maximum absolute atomic E-state index is 9.34. The first kappa shape index (κ1) is 12.3. The van der Waals surface area contributed by atoms with E-state index < -0.39 is 0 Å². The van der Waals surface area contributed by atoms with Gasteiger partial charge >= 0.3 is 0 Å². The number of halogens is 2. The largest absolute Gasteiger partial charge is 0.392 e. The number of nitrogens with zero attached hydrogens (tertiary/aromatic N) is 1. The van der Waals surface area contributed by atoms with Gasteiger partial charge in [-0.1, -0.05) is 30.3 Å². The normalized spacial score (nSPS) is 15.2. The predicted octanol–water partition coefficient (Wildman–Crippen LogP) is 3.36. The number of aromatic nitrogens is 1. The zero-order valence-electron chi connectivity index (χ0n) is 7.87. The molecule has 0 aliphatic heterocycles. The maximum atomic E-state index is 9.34. The lowest BCUT2D eigenvalue weighted by atomic mass is 10.3. The van der Waals surface area contributed by atoms with Gasteiger partial charge in [0.1, 0.15) is 5.03 Å². The van der Waals surface area contributed by atoms with Crippen molar-refractivity contribution in [1.82, 2.24) is 4.98 Å². The summed E-state index contributed by atoms with van der Waals surface area (Å²) >= 11 is 10.7. The van der Waals surface area contributed by atoms with E-state index in [2.05, 4.69) is 20.9 Å². The Morgan fingerprint density at radius 1 is 1.57 bits per heavy atom. The van der Waals surface area contributed by atoms with Crippen LogP contribution in [0.5, 0.6) is 0 Å². The van der Waals surface area contributed by atoms with Crippen LogP contribution in [0.1, 0.15) is 13.8 Å². The summed E-state index contributed by atoms with van der Waals surface area (Å²) < 4.78 is 0.863. The van der Waals surface area contributed by atoms with E-state index in [1.807, 2.05) is 6.92 Å².